The summed E-state index contributed by atoms with van der Waals surface area (Å²) in [6, 6.07) is 17.9. The van der Waals surface area contributed by atoms with Gasteiger partial charge in [-0.3, -0.25) is 4.79 Å². The number of primary amides is 1. The molecule has 0 saturated heterocycles. The van der Waals surface area contributed by atoms with Gasteiger partial charge in [-0.25, -0.2) is 0 Å². The molecule has 0 heterocycles. The van der Waals surface area contributed by atoms with Crippen LogP contribution in [-0.4, -0.2) is 25.1 Å². The van der Waals surface area contributed by atoms with Crippen LogP contribution in [0, 0.1) is 18.8 Å². The quantitative estimate of drug-likeness (QED) is 0.594. The number of nitrogens with two attached hydrogens (primary N) is 1. The molecule has 27 heavy (non-hydrogen) atoms. The van der Waals surface area contributed by atoms with E-state index in [1.807, 2.05) is 49.4 Å². The number of carbonyl (C=O) groups is 1. The first-order chi connectivity index (χ1) is 13.0. The number of amides is 1. The lowest BCUT2D eigenvalue weighted by Crippen LogP contribution is -2.42. The second-order valence-corrected chi connectivity index (χ2v) is 7.54. The fourth-order valence-corrected chi connectivity index (χ4v) is 3.17. The Morgan fingerprint density at radius 2 is 1.74 bits per heavy atom. The van der Waals surface area contributed by atoms with E-state index in [2.05, 4.69) is 31.3 Å². The number of nitrogens with one attached hydrogen (secondary N) is 1. The zero-order chi connectivity index (χ0) is 19.6. The number of hydrogen-bond donors (Lipinski definition) is 2. The second-order valence-electron chi connectivity index (χ2n) is 7.54. The standard InChI is InChI=1S/C23H32N2O2/c1-17(2)16-25-14-13-20(15-19-10-5-4-6-11-19)22(23(24)26)27-21-12-8-7-9-18(21)3/h4-12,17,20,22,25H,13-16H2,1-3H3,(H2,24,26)/t20-,22?/m1/s1. The lowest BCUT2D eigenvalue weighted by atomic mass is 9.90. The first kappa shape index (κ1) is 21.0. The molecule has 0 radical (unpaired) electrons. The van der Waals surface area contributed by atoms with Crippen molar-refractivity contribution in [2.45, 2.75) is 39.7 Å². The van der Waals surface area contributed by atoms with Crippen molar-refractivity contribution >= 4 is 5.91 Å². The maximum Gasteiger partial charge on any atom is 0.258 e. The molecule has 1 unspecified atom stereocenters. The molecule has 0 aliphatic heterocycles. The molecule has 0 saturated carbocycles. The molecule has 2 aromatic rings. The monoisotopic (exact) mass is 368 g/mol. The van der Waals surface area contributed by atoms with Crippen molar-refractivity contribution in [1.29, 1.82) is 0 Å². The van der Waals surface area contributed by atoms with Gasteiger partial charge in [-0.15, -0.1) is 0 Å². The molecule has 2 rings (SSSR count). The van der Waals surface area contributed by atoms with E-state index >= 15 is 0 Å². The molecule has 0 fully saturated rings. The number of para-hydroxylation sites is 1. The van der Waals surface area contributed by atoms with Gasteiger partial charge in [0.15, 0.2) is 6.10 Å². The van der Waals surface area contributed by atoms with Crippen LogP contribution in [0.15, 0.2) is 54.6 Å². The van der Waals surface area contributed by atoms with Crippen LogP contribution in [0.5, 0.6) is 5.75 Å². The van der Waals surface area contributed by atoms with E-state index in [0.29, 0.717) is 5.92 Å². The van der Waals surface area contributed by atoms with E-state index in [1.54, 1.807) is 0 Å². The van der Waals surface area contributed by atoms with Crippen molar-refractivity contribution in [3.63, 3.8) is 0 Å². The number of benzene rings is 2. The van der Waals surface area contributed by atoms with E-state index in [4.69, 9.17) is 10.5 Å². The zero-order valence-corrected chi connectivity index (χ0v) is 16.7. The number of ether oxygens (including phenoxy) is 1. The fraction of sp³-hybridized carbons (Fsp3) is 0.435. The van der Waals surface area contributed by atoms with Crippen LogP contribution in [0.4, 0.5) is 0 Å². The van der Waals surface area contributed by atoms with Crippen molar-refractivity contribution in [1.82, 2.24) is 5.32 Å². The highest BCUT2D eigenvalue weighted by molar-refractivity contribution is 5.79. The van der Waals surface area contributed by atoms with Crippen LogP contribution in [-0.2, 0) is 11.2 Å². The lowest BCUT2D eigenvalue weighted by Gasteiger charge is -2.27. The summed E-state index contributed by atoms with van der Waals surface area (Å²) in [5, 5.41) is 3.46. The Morgan fingerprint density at radius 1 is 1.07 bits per heavy atom. The average molecular weight is 369 g/mol. The molecule has 4 heteroatoms. The molecular formula is C23H32N2O2. The molecule has 3 N–H and O–H groups in total. The van der Waals surface area contributed by atoms with Crippen LogP contribution in [0.3, 0.4) is 0 Å². The van der Waals surface area contributed by atoms with E-state index in [-0.39, 0.29) is 5.92 Å². The maximum absolute atomic E-state index is 12.3. The molecule has 0 aliphatic carbocycles. The number of carbonyl (C=O) groups excluding carboxylic acids is 1. The minimum absolute atomic E-state index is 0.00386. The fourth-order valence-electron chi connectivity index (χ4n) is 3.17. The molecule has 0 bridgehead atoms. The summed E-state index contributed by atoms with van der Waals surface area (Å²) in [6.07, 6.45) is 0.914. The Bertz CT molecular complexity index is 701. The van der Waals surface area contributed by atoms with Crippen LogP contribution in [0.2, 0.25) is 0 Å². The van der Waals surface area contributed by atoms with Crippen LogP contribution in [0.1, 0.15) is 31.4 Å². The lowest BCUT2D eigenvalue weighted by molar-refractivity contribution is -0.127. The molecular weight excluding hydrogens is 336 g/mol. The Hall–Kier alpha value is -2.33. The van der Waals surface area contributed by atoms with Gasteiger partial charge >= 0.3 is 0 Å². The zero-order valence-electron chi connectivity index (χ0n) is 16.7. The second kappa shape index (κ2) is 10.7. The van der Waals surface area contributed by atoms with Gasteiger partial charge in [-0.05, 0) is 56.0 Å². The summed E-state index contributed by atoms with van der Waals surface area (Å²) >= 11 is 0. The molecule has 0 aliphatic rings. The summed E-state index contributed by atoms with van der Waals surface area (Å²) in [5.74, 6) is 0.898. The van der Waals surface area contributed by atoms with Crippen molar-refractivity contribution in [3.8, 4) is 5.75 Å². The third-order valence-electron chi connectivity index (χ3n) is 4.64. The normalized spacial score (nSPS) is 13.3. The van der Waals surface area contributed by atoms with Gasteiger partial charge in [-0.2, -0.15) is 0 Å². The molecule has 146 valence electrons. The Kier molecular flexibility index (Phi) is 8.34. The van der Waals surface area contributed by atoms with Crippen LogP contribution in [0.25, 0.3) is 0 Å². The van der Waals surface area contributed by atoms with E-state index in [0.717, 1.165) is 37.2 Å². The summed E-state index contributed by atoms with van der Waals surface area (Å²) in [5.41, 5.74) is 7.94. The van der Waals surface area contributed by atoms with Gasteiger partial charge in [0.1, 0.15) is 5.75 Å². The highest BCUT2D eigenvalue weighted by atomic mass is 16.5. The minimum atomic E-state index is -0.660. The third kappa shape index (κ3) is 7.06. The first-order valence-corrected chi connectivity index (χ1v) is 9.73. The molecule has 0 spiro atoms. The summed E-state index contributed by atoms with van der Waals surface area (Å²) < 4.78 is 6.12. The predicted molar refractivity (Wildman–Crippen MR) is 111 cm³/mol. The van der Waals surface area contributed by atoms with Crippen molar-refractivity contribution in [3.05, 3.63) is 65.7 Å². The van der Waals surface area contributed by atoms with Gasteiger partial charge in [-0.1, -0.05) is 62.4 Å². The molecule has 0 aromatic heterocycles. The maximum atomic E-state index is 12.3. The van der Waals surface area contributed by atoms with Gasteiger partial charge in [0.05, 0.1) is 0 Å². The summed E-state index contributed by atoms with van der Waals surface area (Å²) in [6.45, 7) is 8.13. The van der Waals surface area contributed by atoms with E-state index < -0.39 is 12.0 Å². The molecule has 2 atom stereocenters. The Labute approximate surface area is 163 Å². The largest absolute Gasteiger partial charge is 0.480 e. The topological polar surface area (TPSA) is 64.3 Å². The van der Waals surface area contributed by atoms with Gasteiger partial charge in [0, 0.05) is 5.92 Å². The van der Waals surface area contributed by atoms with Crippen molar-refractivity contribution < 1.29 is 9.53 Å². The Balaban J connectivity index is 2.15. The molecule has 1 amide bonds. The summed E-state index contributed by atoms with van der Waals surface area (Å²) in [7, 11) is 0. The Morgan fingerprint density at radius 3 is 2.37 bits per heavy atom. The summed E-state index contributed by atoms with van der Waals surface area (Å²) in [4.78, 5) is 12.3. The van der Waals surface area contributed by atoms with Gasteiger partial charge in [0.25, 0.3) is 5.91 Å². The first-order valence-electron chi connectivity index (χ1n) is 9.73. The van der Waals surface area contributed by atoms with Gasteiger partial charge < -0.3 is 15.8 Å². The van der Waals surface area contributed by atoms with Crippen molar-refractivity contribution in [2.75, 3.05) is 13.1 Å². The highest BCUT2D eigenvalue weighted by Gasteiger charge is 2.29. The van der Waals surface area contributed by atoms with E-state index in [9.17, 15) is 4.79 Å². The van der Waals surface area contributed by atoms with Crippen molar-refractivity contribution in [2.24, 2.45) is 17.6 Å². The van der Waals surface area contributed by atoms with E-state index in [1.165, 1.54) is 5.56 Å². The van der Waals surface area contributed by atoms with Crippen LogP contribution < -0.4 is 15.8 Å². The number of aryl methyl sites for hydroxylation is 1. The SMILES string of the molecule is Cc1ccccc1OC(C(N)=O)[C@H](CCNCC(C)C)Cc1ccccc1. The average Bonchev–Trinajstić information content (AvgIpc) is 2.64. The minimum Gasteiger partial charge on any atom is -0.480 e. The highest BCUT2D eigenvalue weighted by Crippen LogP contribution is 2.24. The third-order valence-corrected chi connectivity index (χ3v) is 4.64. The smallest absolute Gasteiger partial charge is 0.258 e. The van der Waals surface area contributed by atoms with Crippen LogP contribution >= 0.6 is 0 Å². The van der Waals surface area contributed by atoms with Gasteiger partial charge in [0.2, 0.25) is 0 Å². The molecule has 2 aromatic carbocycles. The number of rotatable bonds is 11. The number of hydrogen-bond acceptors (Lipinski definition) is 3. The predicted octanol–water partition coefficient (Wildman–Crippen LogP) is 3.72. The molecule has 4 nitrogen and oxygen atoms in total.